The number of hydrogen-bond acceptors (Lipinski definition) is 3. The Morgan fingerprint density at radius 1 is 1.04 bits per heavy atom. The minimum atomic E-state index is -0.304. The Bertz CT molecular complexity index is 1020. The summed E-state index contributed by atoms with van der Waals surface area (Å²) in [5.41, 5.74) is 4.53. The molecule has 1 amide bonds. The number of fused-ring (bicyclic) bond motifs is 1. The molecule has 24 heavy (non-hydrogen) atoms. The SMILES string of the molecule is CC(=O)c1ccc(C(=O)N=c2sc3cc(C)cc(C)c3n2C)cc1. The fraction of sp³-hybridized carbons (Fsp3) is 0.211. The molecule has 0 aliphatic rings. The summed E-state index contributed by atoms with van der Waals surface area (Å²) in [7, 11) is 1.92. The van der Waals surface area contributed by atoms with Crippen LogP contribution in [0.15, 0.2) is 41.4 Å². The third-order valence-electron chi connectivity index (χ3n) is 3.97. The summed E-state index contributed by atoms with van der Waals surface area (Å²) in [6.45, 7) is 5.63. The van der Waals surface area contributed by atoms with Crippen LogP contribution in [0.1, 0.15) is 38.8 Å². The van der Waals surface area contributed by atoms with Gasteiger partial charge in [0, 0.05) is 18.2 Å². The van der Waals surface area contributed by atoms with E-state index in [9.17, 15) is 9.59 Å². The summed E-state index contributed by atoms with van der Waals surface area (Å²) in [6.07, 6.45) is 0. The van der Waals surface area contributed by atoms with Crippen LogP contribution in [0.25, 0.3) is 10.2 Å². The number of thiazole rings is 1. The molecule has 0 saturated carbocycles. The van der Waals surface area contributed by atoms with Crippen LogP contribution in [-0.4, -0.2) is 16.3 Å². The third kappa shape index (κ3) is 2.95. The molecular weight excluding hydrogens is 320 g/mol. The number of Topliss-reactive ketones (excluding diaryl/α,β-unsaturated/α-hetero) is 1. The van der Waals surface area contributed by atoms with Crippen LogP contribution < -0.4 is 4.80 Å². The molecule has 0 saturated heterocycles. The molecule has 2 aromatic carbocycles. The fourth-order valence-electron chi connectivity index (χ4n) is 2.79. The van der Waals surface area contributed by atoms with E-state index in [4.69, 9.17) is 0 Å². The Morgan fingerprint density at radius 2 is 1.67 bits per heavy atom. The number of amides is 1. The van der Waals surface area contributed by atoms with E-state index in [0.717, 1.165) is 10.2 Å². The molecule has 3 aromatic rings. The van der Waals surface area contributed by atoms with E-state index in [1.807, 2.05) is 11.6 Å². The first-order valence-corrected chi connectivity index (χ1v) is 8.45. The van der Waals surface area contributed by atoms with Crippen molar-refractivity contribution in [1.82, 2.24) is 4.57 Å². The molecule has 0 bridgehead atoms. The van der Waals surface area contributed by atoms with Crippen molar-refractivity contribution in [2.45, 2.75) is 20.8 Å². The molecule has 0 aliphatic heterocycles. The van der Waals surface area contributed by atoms with Crippen molar-refractivity contribution in [2.24, 2.45) is 12.0 Å². The van der Waals surface area contributed by atoms with E-state index >= 15 is 0 Å². The lowest BCUT2D eigenvalue weighted by molar-refractivity contribution is 0.0991. The van der Waals surface area contributed by atoms with Crippen molar-refractivity contribution >= 4 is 33.2 Å². The topological polar surface area (TPSA) is 51.4 Å². The first-order valence-electron chi connectivity index (χ1n) is 7.63. The second kappa shape index (κ2) is 6.17. The molecule has 1 heterocycles. The van der Waals surface area contributed by atoms with Gasteiger partial charge in [-0.3, -0.25) is 9.59 Å². The summed E-state index contributed by atoms with van der Waals surface area (Å²) >= 11 is 1.50. The zero-order valence-electron chi connectivity index (χ0n) is 14.1. The number of carbonyl (C=O) groups is 2. The summed E-state index contributed by atoms with van der Waals surface area (Å²) in [5, 5.41) is 0. The standard InChI is InChI=1S/C19H18N2O2S/c1-11-9-12(2)17-16(10-11)24-19(21(17)4)20-18(23)15-7-5-14(6-8-15)13(3)22/h5-10H,1-4H3. The molecule has 0 spiro atoms. The van der Waals surface area contributed by atoms with Crippen LogP contribution in [0.2, 0.25) is 0 Å². The Morgan fingerprint density at radius 3 is 2.29 bits per heavy atom. The zero-order valence-corrected chi connectivity index (χ0v) is 14.9. The van der Waals surface area contributed by atoms with Gasteiger partial charge in [0.2, 0.25) is 0 Å². The van der Waals surface area contributed by atoms with E-state index in [-0.39, 0.29) is 11.7 Å². The van der Waals surface area contributed by atoms with Crippen molar-refractivity contribution in [1.29, 1.82) is 0 Å². The molecule has 0 radical (unpaired) electrons. The van der Waals surface area contributed by atoms with Gasteiger partial charge in [-0.1, -0.05) is 29.5 Å². The minimum Gasteiger partial charge on any atom is -0.319 e. The molecule has 0 atom stereocenters. The van der Waals surface area contributed by atoms with Gasteiger partial charge in [0.05, 0.1) is 10.2 Å². The molecule has 4 nitrogen and oxygen atoms in total. The molecule has 122 valence electrons. The number of aromatic nitrogens is 1. The molecule has 0 fully saturated rings. The molecule has 1 aromatic heterocycles. The lowest BCUT2D eigenvalue weighted by Gasteiger charge is -2.01. The van der Waals surface area contributed by atoms with Crippen molar-refractivity contribution in [3.8, 4) is 0 Å². The van der Waals surface area contributed by atoms with Gasteiger partial charge in [0.15, 0.2) is 10.6 Å². The Labute approximate surface area is 144 Å². The summed E-state index contributed by atoms with van der Waals surface area (Å²) in [6, 6.07) is 10.8. The lowest BCUT2D eigenvalue weighted by atomic mass is 10.1. The number of hydrogen-bond donors (Lipinski definition) is 0. The smallest absolute Gasteiger partial charge is 0.279 e. The highest BCUT2D eigenvalue weighted by atomic mass is 32.1. The van der Waals surface area contributed by atoms with Gasteiger partial charge in [0.25, 0.3) is 5.91 Å². The third-order valence-corrected chi connectivity index (χ3v) is 5.05. The van der Waals surface area contributed by atoms with E-state index in [2.05, 4.69) is 31.0 Å². The predicted molar refractivity (Wildman–Crippen MR) is 96.6 cm³/mol. The van der Waals surface area contributed by atoms with Crippen LogP contribution in [-0.2, 0) is 7.05 Å². The predicted octanol–water partition coefficient (Wildman–Crippen LogP) is 3.80. The van der Waals surface area contributed by atoms with Crippen LogP contribution in [0.5, 0.6) is 0 Å². The first kappa shape index (κ1) is 16.3. The van der Waals surface area contributed by atoms with Crippen LogP contribution in [0.3, 0.4) is 0 Å². The average Bonchev–Trinajstić information content (AvgIpc) is 2.83. The fourth-order valence-corrected chi connectivity index (χ4v) is 3.98. The van der Waals surface area contributed by atoms with Gasteiger partial charge < -0.3 is 4.57 Å². The molecular formula is C19H18N2O2S. The van der Waals surface area contributed by atoms with Crippen molar-refractivity contribution in [2.75, 3.05) is 0 Å². The van der Waals surface area contributed by atoms with Crippen LogP contribution in [0.4, 0.5) is 0 Å². The molecule has 0 N–H and O–H groups in total. The van der Waals surface area contributed by atoms with Gasteiger partial charge >= 0.3 is 0 Å². The van der Waals surface area contributed by atoms with Gasteiger partial charge in [-0.2, -0.15) is 4.99 Å². The van der Waals surface area contributed by atoms with Crippen molar-refractivity contribution in [3.05, 3.63) is 63.5 Å². The van der Waals surface area contributed by atoms with Crippen molar-refractivity contribution in [3.63, 3.8) is 0 Å². The number of benzene rings is 2. The molecule has 5 heteroatoms. The van der Waals surface area contributed by atoms with Crippen molar-refractivity contribution < 1.29 is 9.59 Å². The monoisotopic (exact) mass is 338 g/mol. The molecule has 3 rings (SSSR count). The normalized spacial score (nSPS) is 11.9. The Hall–Kier alpha value is -2.53. The number of aryl methyl sites for hydroxylation is 3. The van der Waals surface area contributed by atoms with E-state index in [0.29, 0.717) is 15.9 Å². The van der Waals surface area contributed by atoms with Gasteiger partial charge in [0.1, 0.15) is 0 Å². The molecule has 0 unspecified atom stereocenters. The zero-order chi connectivity index (χ0) is 17.4. The average molecular weight is 338 g/mol. The van der Waals surface area contributed by atoms with Gasteiger partial charge in [-0.05, 0) is 50.1 Å². The molecule has 0 aliphatic carbocycles. The number of nitrogens with zero attached hydrogens (tertiary/aromatic N) is 2. The summed E-state index contributed by atoms with van der Waals surface area (Å²) in [5.74, 6) is -0.325. The number of rotatable bonds is 2. The maximum absolute atomic E-state index is 12.4. The second-order valence-corrected chi connectivity index (χ2v) is 6.93. The van der Waals surface area contributed by atoms with Gasteiger partial charge in [-0.25, -0.2) is 0 Å². The number of carbonyl (C=O) groups excluding carboxylic acids is 2. The highest BCUT2D eigenvalue weighted by Gasteiger charge is 2.10. The van der Waals surface area contributed by atoms with Crippen LogP contribution >= 0.6 is 11.3 Å². The first-order chi connectivity index (χ1) is 11.4. The Balaban J connectivity index is 2.06. The van der Waals surface area contributed by atoms with E-state index < -0.39 is 0 Å². The maximum Gasteiger partial charge on any atom is 0.279 e. The van der Waals surface area contributed by atoms with Crippen LogP contribution in [0, 0.1) is 13.8 Å². The van der Waals surface area contributed by atoms with E-state index in [1.54, 1.807) is 24.3 Å². The largest absolute Gasteiger partial charge is 0.319 e. The minimum absolute atomic E-state index is 0.0207. The number of ketones is 1. The quantitative estimate of drug-likeness (QED) is 0.667. The summed E-state index contributed by atoms with van der Waals surface area (Å²) < 4.78 is 3.07. The highest BCUT2D eigenvalue weighted by molar-refractivity contribution is 7.16. The second-order valence-electron chi connectivity index (χ2n) is 5.92. The maximum atomic E-state index is 12.4. The van der Waals surface area contributed by atoms with Gasteiger partial charge in [-0.15, -0.1) is 0 Å². The highest BCUT2D eigenvalue weighted by Crippen LogP contribution is 2.22. The summed E-state index contributed by atoms with van der Waals surface area (Å²) in [4.78, 5) is 28.7. The Kier molecular flexibility index (Phi) is 4.20. The lowest BCUT2D eigenvalue weighted by Crippen LogP contribution is -2.13. The van der Waals surface area contributed by atoms with E-state index in [1.165, 1.54) is 29.4 Å².